The fourth-order valence-corrected chi connectivity index (χ4v) is 5.22. The topological polar surface area (TPSA) is 24.1 Å². The molecule has 2 aliphatic carbocycles. The maximum Gasteiger partial charge on any atom is 0.0345 e. The lowest BCUT2D eigenvalue weighted by atomic mass is 9.86. The van der Waals surface area contributed by atoms with Gasteiger partial charge in [-0.15, -0.1) is 0 Å². The molecular formula is C27H38N2. The van der Waals surface area contributed by atoms with Crippen molar-refractivity contribution in [3.05, 3.63) is 59.7 Å². The number of hydrogen-bond acceptors (Lipinski definition) is 2. The van der Waals surface area contributed by atoms with E-state index in [0.29, 0.717) is 12.1 Å². The normalized spacial score (nSPS) is 27.4. The molecule has 4 atom stereocenters. The predicted molar refractivity (Wildman–Crippen MR) is 126 cm³/mol. The third-order valence-corrected chi connectivity index (χ3v) is 7.22. The highest BCUT2D eigenvalue weighted by molar-refractivity contribution is 5.49. The minimum atomic E-state index is 0.631. The number of anilines is 2. The van der Waals surface area contributed by atoms with Gasteiger partial charge in [-0.1, -0.05) is 63.8 Å². The smallest absolute Gasteiger partial charge is 0.0345 e. The van der Waals surface area contributed by atoms with Crippen LogP contribution in [0.4, 0.5) is 11.4 Å². The molecule has 2 aromatic rings. The SMILES string of the molecule is CC1CCCCC1Nc1ccc(Cc2cccc(NC3CCCCC3C)c2)cc1. The van der Waals surface area contributed by atoms with E-state index in [1.165, 1.54) is 73.9 Å². The van der Waals surface area contributed by atoms with E-state index in [0.717, 1.165) is 18.3 Å². The number of hydrogen-bond donors (Lipinski definition) is 2. The van der Waals surface area contributed by atoms with E-state index in [2.05, 4.69) is 73.0 Å². The summed E-state index contributed by atoms with van der Waals surface area (Å²) < 4.78 is 0. The lowest BCUT2D eigenvalue weighted by molar-refractivity contribution is 0.349. The Morgan fingerprint density at radius 3 is 1.86 bits per heavy atom. The largest absolute Gasteiger partial charge is 0.382 e. The lowest BCUT2D eigenvalue weighted by Gasteiger charge is -2.30. The van der Waals surface area contributed by atoms with E-state index in [-0.39, 0.29) is 0 Å². The zero-order valence-electron chi connectivity index (χ0n) is 18.3. The van der Waals surface area contributed by atoms with Crippen LogP contribution in [0.2, 0.25) is 0 Å². The number of benzene rings is 2. The van der Waals surface area contributed by atoms with Crippen LogP contribution in [0, 0.1) is 11.8 Å². The van der Waals surface area contributed by atoms with Crippen molar-refractivity contribution in [2.45, 2.75) is 83.7 Å². The maximum absolute atomic E-state index is 3.81. The first-order valence-corrected chi connectivity index (χ1v) is 11.9. The molecule has 29 heavy (non-hydrogen) atoms. The van der Waals surface area contributed by atoms with Crippen molar-refractivity contribution in [1.29, 1.82) is 0 Å². The van der Waals surface area contributed by atoms with Crippen LogP contribution in [-0.2, 0) is 6.42 Å². The third kappa shape index (κ3) is 5.56. The molecule has 2 aromatic carbocycles. The number of nitrogens with one attached hydrogen (secondary N) is 2. The summed E-state index contributed by atoms with van der Waals surface area (Å²) in [5, 5.41) is 7.58. The molecule has 0 bridgehead atoms. The Kier molecular flexibility index (Phi) is 6.79. The predicted octanol–water partition coefficient (Wildman–Crippen LogP) is 7.26. The average Bonchev–Trinajstić information content (AvgIpc) is 2.73. The Morgan fingerprint density at radius 1 is 0.655 bits per heavy atom. The van der Waals surface area contributed by atoms with Gasteiger partial charge in [-0.25, -0.2) is 0 Å². The van der Waals surface area contributed by atoms with Gasteiger partial charge in [0.25, 0.3) is 0 Å². The highest BCUT2D eigenvalue weighted by atomic mass is 14.9. The van der Waals surface area contributed by atoms with E-state index >= 15 is 0 Å². The molecule has 0 heterocycles. The minimum Gasteiger partial charge on any atom is -0.382 e. The second-order valence-electron chi connectivity index (χ2n) is 9.60. The van der Waals surface area contributed by atoms with Gasteiger partial charge in [0.15, 0.2) is 0 Å². The van der Waals surface area contributed by atoms with E-state index in [4.69, 9.17) is 0 Å². The first-order valence-electron chi connectivity index (χ1n) is 11.9. The van der Waals surface area contributed by atoms with Crippen molar-refractivity contribution in [3.8, 4) is 0 Å². The van der Waals surface area contributed by atoms with E-state index in [9.17, 15) is 0 Å². The van der Waals surface area contributed by atoms with Crippen molar-refractivity contribution < 1.29 is 0 Å². The van der Waals surface area contributed by atoms with Crippen LogP contribution in [0.5, 0.6) is 0 Å². The first-order chi connectivity index (χ1) is 14.2. The minimum absolute atomic E-state index is 0.631. The van der Waals surface area contributed by atoms with E-state index < -0.39 is 0 Å². The average molecular weight is 391 g/mol. The maximum atomic E-state index is 3.81. The third-order valence-electron chi connectivity index (χ3n) is 7.22. The van der Waals surface area contributed by atoms with Crippen LogP contribution < -0.4 is 10.6 Å². The second kappa shape index (κ2) is 9.69. The van der Waals surface area contributed by atoms with Gasteiger partial charge in [0.2, 0.25) is 0 Å². The Balaban J connectivity index is 1.35. The first kappa shape index (κ1) is 20.3. The summed E-state index contributed by atoms with van der Waals surface area (Å²) >= 11 is 0. The van der Waals surface area contributed by atoms with Crippen LogP contribution >= 0.6 is 0 Å². The molecule has 4 rings (SSSR count). The highest BCUT2D eigenvalue weighted by Gasteiger charge is 2.21. The number of rotatable bonds is 6. The molecule has 0 saturated heterocycles. The van der Waals surface area contributed by atoms with Crippen LogP contribution in [0.15, 0.2) is 48.5 Å². The summed E-state index contributed by atoms with van der Waals surface area (Å²) in [6.07, 6.45) is 11.8. The standard InChI is InChI=1S/C27H38N2/c1-20-8-3-5-12-26(20)28-24-16-14-22(15-17-24)18-23-10-7-11-25(19-23)29-27-13-6-4-9-21(27)2/h7,10-11,14-17,19-21,26-29H,3-6,8-9,12-13,18H2,1-2H3. The molecule has 0 aromatic heterocycles. The molecule has 2 saturated carbocycles. The van der Waals surface area contributed by atoms with Crippen LogP contribution in [0.1, 0.15) is 76.3 Å². The van der Waals surface area contributed by atoms with Gasteiger partial charge in [0.05, 0.1) is 0 Å². The van der Waals surface area contributed by atoms with Gasteiger partial charge in [0, 0.05) is 23.5 Å². The van der Waals surface area contributed by atoms with Gasteiger partial charge in [0.1, 0.15) is 0 Å². The molecule has 0 aliphatic heterocycles. The van der Waals surface area contributed by atoms with Gasteiger partial charge in [-0.3, -0.25) is 0 Å². The lowest BCUT2D eigenvalue weighted by Crippen LogP contribution is -2.30. The van der Waals surface area contributed by atoms with E-state index in [1.54, 1.807) is 0 Å². The molecule has 0 spiro atoms. The fraction of sp³-hybridized carbons (Fsp3) is 0.556. The van der Waals surface area contributed by atoms with Gasteiger partial charge < -0.3 is 10.6 Å². The van der Waals surface area contributed by atoms with Crippen molar-refractivity contribution in [3.63, 3.8) is 0 Å². The molecular weight excluding hydrogens is 352 g/mol. The van der Waals surface area contributed by atoms with Gasteiger partial charge in [-0.2, -0.15) is 0 Å². The Labute approximate surface area is 177 Å². The van der Waals surface area contributed by atoms with Crippen molar-refractivity contribution in [2.24, 2.45) is 11.8 Å². The summed E-state index contributed by atoms with van der Waals surface area (Å²) in [4.78, 5) is 0. The Bertz CT molecular complexity index is 766. The molecule has 2 fully saturated rings. The van der Waals surface area contributed by atoms with Crippen molar-refractivity contribution in [2.75, 3.05) is 10.6 Å². The molecule has 2 aliphatic rings. The molecule has 156 valence electrons. The summed E-state index contributed by atoms with van der Waals surface area (Å²) in [5.74, 6) is 1.56. The molecule has 2 N–H and O–H groups in total. The Hall–Kier alpha value is -1.96. The van der Waals surface area contributed by atoms with Crippen molar-refractivity contribution >= 4 is 11.4 Å². The van der Waals surface area contributed by atoms with E-state index in [1.807, 2.05) is 0 Å². The second-order valence-corrected chi connectivity index (χ2v) is 9.60. The summed E-state index contributed by atoms with van der Waals surface area (Å²) in [7, 11) is 0. The van der Waals surface area contributed by atoms with Gasteiger partial charge >= 0.3 is 0 Å². The summed E-state index contributed by atoms with van der Waals surface area (Å²) in [6.45, 7) is 4.78. The molecule has 0 radical (unpaired) electrons. The summed E-state index contributed by atoms with van der Waals surface area (Å²) in [6, 6.07) is 19.4. The quantitative estimate of drug-likeness (QED) is 0.542. The Morgan fingerprint density at radius 2 is 1.24 bits per heavy atom. The van der Waals surface area contributed by atoms with Crippen LogP contribution in [0.25, 0.3) is 0 Å². The monoisotopic (exact) mass is 390 g/mol. The van der Waals surface area contributed by atoms with Crippen LogP contribution in [0.3, 0.4) is 0 Å². The van der Waals surface area contributed by atoms with Crippen molar-refractivity contribution in [1.82, 2.24) is 0 Å². The molecule has 2 nitrogen and oxygen atoms in total. The molecule has 0 amide bonds. The zero-order chi connectivity index (χ0) is 20.1. The fourth-order valence-electron chi connectivity index (χ4n) is 5.22. The molecule has 2 heteroatoms. The van der Waals surface area contributed by atoms with Gasteiger partial charge in [-0.05, 0) is 79.3 Å². The zero-order valence-corrected chi connectivity index (χ0v) is 18.3. The summed E-state index contributed by atoms with van der Waals surface area (Å²) in [5.41, 5.74) is 5.33. The molecule has 4 unspecified atom stereocenters. The highest BCUT2D eigenvalue weighted by Crippen LogP contribution is 2.28. The van der Waals surface area contributed by atoms with Crippen LogP contribution in [-0.4, -0.2) is 12.1 Å².